The van der Waals surface area contributed by atoms with Gasteiger partial charge in [-0.25, -0.2) is 4.79 Å². The molecule has 1 N–H and O–H groups in total. The predicted molar refractivity (Wildman–Crippen MR) is 99.7 cm³/mol. The van der Waals surface area contributed by atoms with E-state index in [1.54, 1.807) is 54.8 Å². The van der Waals surface area contributed by atoms with Crippen LogP contribution in [0.3, 0.4) is 0 Å². The SMILES string of the molecule is O=C(COC(=O)c1ccccc1NCc1ccco1)c1ccc2c(c1)OCO2. The number of para-hydroxylation sites is 1. The van der Waals surface area contributed by atoms with Crippen LogP contribution in [0.15, 0.2) is 65.3 Å². The second kappa shape index (κ2) is 7.87. The third-order valence-corrected chi connectivity index (χ3v) is 4.21. The summed E-state index contributed by atoms with van der Waals surface area (Å²) in [5.41, 5.74) is 1.33. The molecular weight excluding hydrogens is 362 g/mol. The first-order valence-corrected chi connectivity index (χ1v) is 8.66. The van der Waals surface area contributed by atoms with E-state index in [2.05, 4.69) is 5.32 Å². The number of ether oxygens (including phenoxy) is 3. The molecular formula is C21H17NO6. The highest BCUT2D eigenvalue weighted by molar-refractivity contribution is 6.01. The second-order valence-electron chi connectivity index (χ2n) is 6.05. The fourth-order valence-corrected chi connectivity index (χ4v) is 2.77. The number of rotatable bonds is 7. The van der Waals surface area contributed by atoms with Gasteiger partial charge in [0.2, 0.25) is 6.79 Å². The number of carbonyl (C=O) groups is 2. The van der Waals surface area contributed by atoms with Gasteiger partial charge in [-0.3, -0.25) is 4.79 Å². The average Bonchev–Trinajstić information content (AvgIpc) is 3.41. The van der Waals surface area contributed by atoms with E-state index in [0.29, 0.717) is 34.9 Å². The number of carbonyl (C=O) groups excluding carboxylic acids is 2. The molecule has 2 heterocycles. The Morgan fingerprint density at radius 1 is 1.00 bits per heavy atom. The van der Waals surface area contributed by atoms with Crippen LogP contribution in [0, 0.1) is 0 Å². The topological polar surface area (TPSA) is 87.0 Å². The minimum Gasteiger partial charge on any atom is -0.467 e. The minimum atomic E-state index is -0.586. The van der Waals surface area contributed by atoms with E-state index in [-0.39, 0.29) is 19.2 Å². The highest BCUT2D eigenvalue weighted by atomic mass is 16.7. The van der Waals surface area contributed by atoms with Crippen molar-refractivity contribution in [1.82, 2.24) is 0 Å². The number of benzene rings is 2. The van der Waals surface area contributed by atoms with E-state index in [1.807, 2.05) is 6.07 Å². The second-order valence-corrected chi connectivity index (χ2v) is 6.05. The molecule has 7 heteroatoms. The van der Waals surface area contributed by atoms with Crippen molar-refractivity contribution in [3.63, 3.8) is 0 Å². The third-order valence-electron chi connectivity index (χ3n) is 4.21. The van der Waals surface area contributed by atoms with Crippen LogP contribution in [0.25, 0.3) is 0 Å². The van der Waals surface area contributed by atoms with Crippen molar-refractivity contribution < 1.29 is 28.2 Å². The summed E-state index contributed by atoms with van der Waals surface area (Å²) in [5.74, 6) is 0.917. The van der Waals surface area contributed by atoms with Gasteiger partial charge in [-0.05, 0) is 42.5 Å². The van der Waals surface area contributed by atoms with E-state index in [1.165, 1.54) is 0 Å². The zero-order valence-corrected chi connectivity index (χ0v) is 14.8. The summed E-state index contributed by atoms with van der Waals surface area (Å²) >= 11 is 0. The average molecular weight is 379 g/mol. The van der Waals surface area contributed by atoms with E-state index in [4.69, 9.17) is 18.6 Å². The molecule has 0 saturated heterocycles. The molecule has 1 aromatic heterocycles. The van der Waals surface area contributed by atoms with Crippen LogP contribution in [0.4, 0.5) is 5.69 Å². The first-order chi connectivity index (χ1) is 13.7. The van der Waals surface area contributed by atoms with Gasteiger partial charge in [0.15, 0.2) is 23.9 Å². The number of ketones is 1. The quantitative estimate of drug-likeness (QED) is 0.495. The summed E-state index contributed by atoms with van der Waals surface area (Å²) in [6, 6.07) is 15.4. The highest BCUT2D eigenvalue weighted by Crippen LogP contribution is 2.32. The first-order valence-electron chi connectivity index (χ1n) is 8.66. The number of anilines is 1. The molecule has 0 amide bonds. The molecule has 1 aliphatic heterocycles. The van der Waals surface area contributed by atoms with Gasteiger partial charge < -0.3 is 23.9 Å². The summed E-state index contributed by atoms with van der Waals surface area (Å²) in [6.07, 6.45) is 1.58. The molecule has 0 atom stereocenters. The maximum absolute atomic E-state index is 12.5. The minimum absolute atomic E-state index is 0.129. The van der Waals surface area contributed by atoms with Crippen LogP contribution < -0.4 is 14.8 Å². The number of fused-ring (bicyclic) bond motifs is 1. The monoisotopic (exact) mass is 379 g/mol. The van der Waals surface area contributed by atoms with Crippen LogP contribution in [-0.2, 0) is 11.3 Å². The lowest BCUT2D eigenvalue weighted by Crippen LogP contribution is -2.15. The molecule has 142 valence electrons. The van der Waals surface area contributed by atoms with Crippen LogP contribution >= 0.6 is 0 Å². The molecule has 0 aliphatic carbocycles. The smallest absolute Gasteiger partial charge is 0.340 e. The summed E-state index contributed by atoms with van der Waals surface area (Å²) in [6.45, 7) is 0.183. The number of hydrogen-bond acceptors (Lipinski definition) is 7. The molecule has 0 saturated carbocycles. The summed E-state index contributed by atoms with van der Waals surface area (Å²) in [4.78, 5) is 24.8. The molecule has 0 unspecified atom stereocenters. The standard InChI is InChI=1S/C21H17NO6/c23-18(14-7-8-19-20(10-14)28-13-27-19)12-26-21(24)16-5-1-2-6-17(16)22-11-15-4-3-9-25-15/h1-10,22H,11-13H2. The zero-order valence-electron chi connectivity index (χ0n) is 14.8. The lowest BCUT2D eigenvalue weighted by Gasteiger charge is -2.11. The highest BCUT2D eigenvalue weighted by Gasteiger charge is 2.18. The van der Waals surface area contributed by atoms with E-state index < -0.39 is 5.97 Å². The lowest BCUT2D eigenvalue weighted by molar-refractivity contribution is 0.0475. The number of Topliss-reactive ketones (excluding diaryl/α,β-unsaturated/α-hetero) is 1. The van der Waals surface area contributed by atoms with Crippen LogP contribution in [0.5, 0.6) is 11.5 Å². The fourth-order valence-electron chi connectivity index (χ4n) is 2.77. The number of hydrogen-bond donors (Lipinski definition) is 1. The Morgan fingerprint density at radius 3 is 2.71 bits per heavy atom. The van der Waals surface area contributed by atoms with Gasteiger partial charge >= 0.3 is 5.97 Å². The number of furan rings is 1. The van der Waals surface area contributed by atoms with Crippen molar-refractivity contribution in [2.45, 2.75) is 6.54 Å². The summed E-state index contributed by atoms with van der Waals surface area (Å²) in [5, 5.41) is 3.13. The molecule has 3 aromatic rings. The van der Waals surface area contributed by atoms with E-state index in [0.717, 1.165) is 5.76 Å². The van der Waals surface area contributed by atoms with Gasteiger partial charge in [-0.1, -0.05) is 12.1 Å². The molecule has 4 rings (SSSR count). The molecule has 2 aromatic carbocycles. The van der Waals surface area contributed by atoms with E-state index >= 15 is 0 Å². The Labute approximate surface area is 160 Å². The van der Waals surface area contributed by atoms with Gasteiger partial charge in [0, 0.05) is 11.3 Å². The Bertz CT molecular complexity index is 996. The van der Waals surface area contributed by atoms with Crippen LogP contribution in [0.1, 0.15) is 26.5 Å². The Balaban J connectivity index is 1.39. The van der Waals surface area contributed by atoms with Crippen molar-refractivity contribution in [1.29, 1.82) is 0 Å². The Morgan fingerprint density at radius 2 is 1.86 bits per heavy atom. The maximum atomic E-state index is 12.5. The van der Waals surface area contributed by atoms with Crippen molar-refractivity contribution in [2.24, 2.45) is 0 Å². The first kappa shape index (κ1) is 17.7. The Hall–Kier alpha value is -3.74. The van der Waals surface area contributed by atoms with Gasteiger partial charge in [0.05, 0.1) is 18.4 Å². The van der Waals surface area contributed by atoms with Gasteiger partial charge in [0.25, 0.3) is 0 Å². The van der Waals surface area contributed by atoms with Crippen LogP contribution in [-0.4, -0.2) is 25.2 Å². The van der Waals surface area contributed by atoms with Crippen LogP contribution in [0.2, 0.25) is 0 Å². The number of nitrogens with one attached hydrogen (secondary N) is 1. The van der Waals surface area contributed by atoms with Gasteiger partial charge in [-0.2, -0.15) is 0 Å². The molecule has 0 fully saturated rings. The molecule has 0 spiro atoms. The third kappa shape index (κ3) is 3.83. The van der Waals surface area contributed by atoms with Gasteiger partial charge in [-0.15, -0.1) is 0 Å². The van der Waals surface area contributed by atoms with Crippen molar-refractivity contribution >= 4 is 17.4 Å². The van der Waals surface area contributed by atoms with Crippen molar-refractivity contribution in [3.05, 3.63) is 77.7 Å². The van der Waals surface area contributed by atoms with Gasteiger partial charge in [0.1, 0.15) is 5.76 Å². The zero-order chi connectivity index (χ0) is 19.3. The molecule has 1 aliphatic rings. The normalized spacial score (nSPS) is 11.9. The Kier molecular flexibility index (Phi) is 4.97. The van der Waals surface area contributed by atoms with E-state index in [9.17, 15) is 9.59 Å². The predicted octanol–water partition coefficient (Wildman–Crippen LogP) is 3.66. The maximum Gasteiger partial charge on any atom is 0.340 e. The summed E-state index contributed by atoms with van der Waals surface area (Å²) < 4.78 is 21.0. The summed E-state index contributed by atoms with van der Waals surface area (Å²) in [7, 11) is 0. The lowest BCUT2D eigenvalue weighted by atomic mass is 10.1. The fraction of sp³-hybridized carbons (Fsp3) is 0.143. The van der Waals surface area contributed by atoms with Crippen molar-refractivity contribution in [3.8, 4) is 11.5 Å². The molecule has 7 nitrogen and oxygen atoms in total. The molecule has 0 radical (unpaired) electrons. The van der Waals surface area contributed by atoms with Crippen molar-refractivity contribution in [2.75, 3.05) is 18.7 Å². The number of esters is 1. The largest absolute Gasteiger partial charge is 0.467 e. The molecule has 0 bridgehead atoms. The molecule has 28 heavy (non-hydrogen) atoms.